The molecule has 2 heteroatoms. The van der Waals surface area contributed by atoms with Gasteiger partial charge in [0.1, 0.15) is 0 Å². The Morgan fingerprint density at radius 3 is 3.27 bits per heavy atom. The molecule has 0 saturated carbocycles. The summed E-state index contributed by atoms with van der Waals surface area (Å²) in [5, 5.41) is 1.21. The first-order valence-electron chi connectivity index (χ1n) is 3.65. The first-order valence-corrected chi connectivity index (χ1v) is 4.47. The monoisotopic (exact) mass is 162 g/mol. The van der Waals surface area contributed by atoms with Crippen molar-refractivity contribution in [2.45, 2.75) is 13.3 Å². The van der Waals surface area contributed by atoms with Gasteiger partial charge in [-0.25, -0.2) is 4.98 Å². The smallest absolute Gasteiger partial charge is 0.0935 e. The predicted molar refractivity (Wildman–Crippen MR) is 47.8 cm³/mol. The van der Waals surface area contributed by atoms with E-state index in [0.29, 0.717) is 0 Å². The lowest BCUT2D eigenvalue weighted by atomic mass is 10.3. The lowest BCUT2D eigenvalue weighted by Crippen LogP contribution is -1.73. The van der Waals surface area contributed by atoms with Crippen molar-refractivity contribution in [2.75, 3.05) is 0 Å². The molecule has 0 atom stereocenters. The molecule has 55 valence electrons. The van der Waals surface area contributed by atoms with Crippen LogP contribution in [-0.4, -0.2) is 4.98 Å². The van der Waals surface area contributed by atoms with Gasteiger partial charge in [0.2, 0.25) is 0 Å². The second-order valence-electron chi connectivity index (χ2n) is 2.35. The summed E-state index contributed by atoms with van der Waals surface area (Å²) in [7, 11) is 0. The van der Waals surface area contributed by atoms with E-state index >= 15 is 0 Å². The molecule has 0 fully saturated rings. The number of hydrogen-bond donors (Lipinski definition) is 0. The third-order valence-electron chi connectivity index (χ3n) is 1.58. The molecule has 11 heavy (non-hydrogen) atoms. The number of aromatic nitrogens is 1. The normalized spacial score (nSPS) is 10.6. The predicted octanol–water partition coefficient (Wildman–Crippen LogP) is 2.66. The number of hydrogen-bond acceptors (Lipinski definition) is 2. The van der Waals surface area contributed by atoms with E-state index in [1.54, 1.807) is 11.3 Å². The molecule has 1 nitrogen and oxygen atoms in total. The standard InChI is InChI=1S/C9H8NS/c1-2-9-10-7-5-3-4-6-8(7)11-9/h4-6H,2H2,1H3. The van der Waals surface area contributed by atoms with Gasteiger partial charge in [-0.05, 0) is 24.6 Å². The van der Waals surface area contributed by atoms with Crippen LogP contribution in [0.5, 0.6) is 0 Å². The summed E-state index contributed by atoms with van der Waals surface area (Å²) in [6.07, 6.45) is 1.03. The topological polar surface area (TPSA) is 12.9 Å². The molecule has 2 aromatic rings. The van der Waals surface area contributed by atoms with Gasteiger partial charge in [-0.1, -0.05) is 13.0 Å². The molecule has 1 heterocycles. The highest BCUT2D eigenvalue weighted by molar-refractivity contribution is 7.18. The maximum Gasteiger partial charge on any atom is 0.0935 e. The molecule has 0 amide bonds. The fourth-order valence-electron chi connectivity index (χ4n) is 1.02. The highest BCUT2D eigenvalue weighted by atomic mass is 32.1. The van der Waals surface area contributed by atoms with Crippen molar-refractivity contribution in [3.05, 3.63) is 29.3 Å². The molecule has 0 bridgehead atoms. The van der Waals surface area contributed by atoms with Crippen LogP contribution in [0.2, 0.25) is 0 Å². The molecule has 1 aromatic carbocycles. The van der Waals surface area contributed by atoms with Crippen LogP contribution in [0.25, 0.3) is 10.2 Å². The average Bonchev–Trinajstić information content (AvgIpc) is 2.46. The maximum atomic E-state index is 4.42. The summed E-state index contributed by atoms with van der Waals surface area (Å²) in [5.41, 5.74) is 1.08. The van der Waals surface area contributed by atoms with Crippen LogP contribution < -0.4 is 0 Å². The molecular weight excluding hydrogens is 154 g/mol. The van der Waals surface area contributed by atoms with Crippen LogP contribution in [0.3, 0.4) is 0 Å². The Hall–Kier alpha value is -0.890. The van der Waals surface area contributed by atoms with Crippen molar-refractivity contribution in [3.8, 4) is 0 Å². The van der Waals surface area contributed by atoms with Gasteiger partial charge in [-0.3, -0.25) is 0 Å². The second kappa shape index (κ2) is 2.62. The van der Waals surface area contributed by atoms with Gasteiger partial charge in [0.05, 0.1) is 15.2 Å². The summed E-state index contributed by atoms with van der Waals surface area (Å²) in [6, 6.07) is 8.94. The summed E-state index contributed by atoms with van der Waals surface area (Å²) >= 11 is 1.77. The molecule has 0 aliphatic carbocycles. The first kappa shape index (κ1) is 6.80. The van der Waals surface area contributed by atoms with Crippen LogP contribution in [-0.2, 0) is 6.42 Å². The van der Waals surface area contributed by atoms with E-state index in [-0.39, 0.29) is 0 Å². The van der Waals surface area contributed by atoms with Crippen LogP contribution in [0.15, 0.2) is 18.2 Å². The third-order valence-corrected chi connectivity index (χ3v) is 2.76. The van der Waals surface area contributed by atoms with Crippen LogP contribution in [0, 0.1) is 6.07 Å². The summed E-state index contributed by atoms with van der Waals surface area (Å²) in [4.78, 5) is 4.42. The first-order chi connectivity index (χ1) is 5.40. The van der Waals surface area contributed by atoms with Gasteiger partial charge in [0, 0.05) is 0 Å². The van der Waals surface area contributed by atoms with Crippen molar-refractivity contribution in [1.82, 2.24) is 4.98 Å². The van der Waals surface area contributed by atoms with Crippen LogP contribution in [0.4, 0.5) is 0 Å². The Kier molecular flexibility index (Phi) is 1.62. The Morgan fingerprint density at radius 2 is 2.55 bits per heavy atom. The highest BCUT2D eigenvalue weighted by Crippen LogP contribution is 2.21. The molecule has 0 aliphatic rings. The van der Waals surface area contributed by atoms with Gasteiger partial charge in [0.25, 0.3) is 0 Å². The van der Waals surface area contributed by atoms with E-state index in [4.69, 9.17) is 0 Å². The van der Waals surface area contributed by atoms with Gasteiger partial charge in [-0.2, -0.15) is 0 Å². The van der Waals surface area contributed by atoms with E-state index in [9.17, 15) is 0 Å². The van der Waals surface area contributed by atoms with Crippen molar-refractivity contribution in [2.24, 2.45) is 0 Å². The minimum Gasteiger partial charge on any atom is -0.241 e. The molecule has 2 rings (SSSR count). The molecule has 0 unspecified atom stereocenters. The van der Waals surface area contributed by atoms with E-state index in [1.165, 1.54) is 9.71 Å². The number of fused-ring (bicyclic) bond motifs is 1. The molecular formula is C9H8NS. The van der Waals surface area contributed by atoms with Crippen molar-refractivity contribution >= 4 is 21.6 Å². The van der Waals surface area contributed by atoms with Crippen LogP contribution in [0.1, 0.15) is 11.9 Å². The quantitative estimate of drug-likeness (QED) is 0.628. The number of thiazole rings is 1. The molecule has 0 spiro atoms. The Balaban J connectivity index is 2.69. The number of rotatable bonds is 1. The molecule has 0 aliphatic heterocycles. The van der Waals surface area contributed by atoms with Crippen molar-refractivity contribution in [1.29, 1.82) is 0 Å². The molecule has 1 radical (unpaired) electrons. The molecule has 0 N–H and O–H groups in total. The Bertz CT molecular complexity index is 331. The van der Waals surface area contributed by atoms with Gasteiger partial charge in [-0.15, -0.1) is 11.3 Å². The number of aryl methyl sites for hydroxylation is 1. The zero-order chi connectivity index (χ0) is 7.68. The summed E-state index contributed by atoms with van der Waals surface area (Å²) in [5.74, 6) is 0. The van der Waals surface area contributed by atoms with Gasteiger partial charge >= 0.3 is 0 Å². The SMILES string of the molecule is CCc1nc2c[c]ccc2s1. The zero-order valence-electron chi connectivity index (χ0n) is 6.29. The lowest BCUT2D eigenvalue weighted by Gasteiger charge is -1.80. The number of benzene rings is 1. The lowest BCUT2D eigenvalue weighted by molar-refractivity contribution is 1.11. The van der Waals surface area contributed by atoms with E-state index < -0.39 is 0 Å². The Labute approximate surface area is 69.7 Å². The van der Waals surface area contributed by atoms with E-state index in [2.05, 4.69) is 24.0 Å². The average molecular weight is 162 g/mol. The summed E-state index contributed by atoms with van der Waals surface area (Å²) in [6.45, 7) is 2.13. The number of nitrogens with zero attached hydrogens (tertiary/aromatic N) is 1. The second-order valence-corrected chi connectivity index (χ2v) is 3.47. The minimum absolute atomic E-state index is 1.03. The van der Waals surface area contributed by atoms with E-state index in [1.807, 2.05) is 12.1 Å². The largest absolute Gasteiger partial charge is 0.241 e. The third kappa shape index (κ3) is 1.14. The molecule has 0 saturated heterocycles. The highest BCUT2D eigenvalue weighted by Gasteiger charge is 1.98. The zero-order valence-corrected chi connectivity index (χ0v) is 7.11. The minimum atomic E-state index is 1.03. The molecule has 1 aromatic heterocycles. The van der Waals surface area contributed by atoms with E-state index in [0.717, 1.165) is 11.9 Å². The van der Waals surface area contributed by atoms with Crippen molar-refractivity contribution in [3.63, 3.8) is 0 Å². The van der Waals surface area contributed by atoms with Gasteiger partial charge in [0.15, 0.2) is 0 Å². The fraction of sp³-hybridized carbons (Fsp3) is 0.222. The Morgan fingerprint density at radius 1 is 1.64 bits per heavy atom. The van der Waals surface area contributed by atoms with Crippen LogP contribution >= 0.6 is 11.3 Å². The summed E-state index contributed by atoms with van der Waals surface area (Å²) < 4.78 is 1.26. The fourth-order valence-corrected chi connectivity index (χ4v) is 1.90. The van der Waals surface area contributed by atoms with Crippen molar-refractivity contribution < 1.29 is 0 Å². The van der Waals surface area contributed by atoms with Gasteiger partial charge < -0.3 is 0 Å². The maximum absolute atomic E-state index is 4.42.